The van der Waals surface area contributed by atoms with E-state index in [1.165, 1.54) is 53.9 Å². The highest BCUT2D eigenvalue weighted by molar-refractivity contribution is 9.09. The van der Waals surface area contributed by atoms with Crippen LogP contribution in [0.2, 0.25) is 10.0 Å². The summed E-state index contributed by atoms with van der Waals surface area (Å²) < 4.78 is 71.7. The number of halogens is 3. The van der Waals surface area contributed by atoms with Gasteiger partial charge in [0.25, 0.3) is 43.6 Å². The molecule has 16 nitrogen and oxygen atoms in total. The number of nitrogens with one attached hydrogen (secondary N) is 4. The average Bonchev–Trinajstić information content (AvgIpc) is 4.11. The molecule has 23 heteroatoms. The standard InChI is InChI=1S/C22H24ClN3O5S2.C18H18ClN3O5S2.C4H7Br/c1-11-9-12(2)19(30-10-15-5-6-15)13(3)18(11)24-21(27)20-16(7-8-32-20)33(28,29)26-22-17(23)14(4)25-31-22;1-8-7-9(2)15(23)10(3)14(8)20-17(24)16-12(5-6-28-16)29(25,26)22-18-13(19)11(4)21-27-18;5-3-4-1-2-4/h7-9,15,26H,5-6,10H2,1-4H3,(H,24,27);5-7,22-23H,1-4H3,(H,20,24);4H,1-3H2. The average molecular weight is 1100 g/mol. The zero-order valence-electron chi connectivity index (χ0n) is 37.6. The maximum Gasteiger partial charge on any atom is 0.267 e. The van der Waals surface area contributed by atoms with E-state index < -0.39 is 31.9 Å². The number of carbonyl (C=O) groups is 2. The number of aromatic nitrogens is 2. The van der Waals surface area contributed by atoms with Gasteiger partial charge < -0.3 is 29.5 Å². The van der Waals surface area contributed by atoms with E-state index in [1.807, 2.05) is 26.8 Å². The van der Waals surface area contributed by atoms with Gasteiger partial charge in [-0.15, -0.1) is 22.7 Å². The molecule has 0 saturated heterocycles. The first-order valence-corrected chi connectivity index (χ1v) is 27.3. The van der Waals surface area contributed by atoms with Gasteiger partial charge in [0.05, 0.1) is 18.0 Å². The number of sulfonamides is 2. The lowest BCUT2D eigenvalue weighted by molar-refractivity contribution is 0.101. The summed E-state index contributed by atoms with van der Waals surface area (Å²) in [5, 5.41) is 27.3. The van der Waals surface area contributed by atoms with E-state index in [4.69, 9.17) is 37.0 Å². The molecule has 360 valence electrons. The molecule has 2 amide bonds. The second-order valence-corrected chi connectivity index (χ2v) is 22.8. The van der Waals surface area contributed by atoms with Crippen LogP contribution in [-0.2, 0) is 20.0 Å². The van der Waals surface area contributed by atoms with Crippen LogP contribution in [0.1, 0.15) is 89.8 Å². The summed E-state index contributed by atoms with van der Waals surface area (Å²) in [7, 11) is -8.29. The lowest BCUT2D eigenvalue weighted by Crippen LogP contribution is -2.19. The highest BCUT2D eigenvalue weighted by Crippen LogP contribution is 2.38. The van der Waals surface area contributed by atoms with Gasteiger partial charge in [0.1, 0.15) is 52.5 Å². The second kappa shape index (κ2) is 21.3. The molecule has 0 unspecified atom stereocenters. The molecule has 4 heterocycles. The van der Waals surface area contributed by atoms with Gasteiger partial charge in [0.2, 0.25) is 0 Å². The third-order valence-electron chi connectivity index (χ3n) is 10.7. The highest BCUT2D eigenvalue weighted by Gasteiger charge is 2.30. The van der Waals surface area contributed by atoms with Crippen molar-refractivity contribution in [3.63, 3.8) is 0 Å². The Labute approximate surface area is 415 Å². The summed E-state index contributed by atoms with van der Waals surface area (Å²) in [6, 6.07) is 6.36. The minimum atomic E-state index is -4.15. The number of nitrogens with zero attached hydrogens (tertiary/aromatic N) is 2. The van der Waals surface area contributed by atoms with Gasteiger partial charge >= 0.3 is 0 Å². The number of thiophene rings is 2. The predicted molar refractivity (Wildman–Crippen MR) is 266 cm³/mol. The molecular weight excluding hydrogens is 1050 g/mol. The summed E-state index contributed by atoms with van der Waals surface area (Å²) in [4.78, 5) is 25.6. The summed E-state index contributed by atoms with van der Waals surface area (Å²) in [5.41, 5.74) is 6.30. The molecule has 2 aromatic carbocycles. The molecule has 6 aromatic rings. The van der Waals surface area contributed by atoms with E-state index in [0.717, 1.165) is 56.6 Å². The van der Waals surface area contributed by atoms with Crippen LogP contribution in [0, 0.1) is 67.2 Å². The fourth-order valence-corrected chi connectivity index (χ4v) is 12.2. The Hall–Kier alpha value is -4.64. The Morgan fingerprint density at radius 2 is 1.15 bits per heavy atom. The lowest BCUT2D eigenvalue weighted by Gasteiger charge is -2.18. The van der Waals surface area contributed by atoms with Crippen molar-refractivity contribution in [1.29, 1.82) is 0 Å². The predicted octanol–water partition coefficient (Wildman–Crippen LogP) is 11.6. The molecule has 0 radical (unpaired) electrons. The van der Waals surface area contributed by atoms with Gasteiger partial charge in [-0.05, 0) is 138 Å². The van der Waals surface area contributed by atoms with Crippen molar-refractivity contribution in [1.82, 2.24) is 10.3 Å². The normalized spacial score (nSPS) is 13.5. The lowest BCUT2D eigenvalue weighted by atomic mass is 10.0. The molecule has 2 fully saturated rings. The first kappa shape index (κ1) is 51.7. The number of carbonyl (C=O) groups excluding carboxylic acids is 2. The number of benzene rings is 2. The van der Waals surface area contributed by atoms with Crippen molar-refractivity contribution in [2.24, 2.45) is 11.8 Å². The SMILES string of the molecule is BrCC1CC1.Cc1cc(C)c(NC(=O)c2sccc2S(=O)(=O)Nc2onc(C)c2Cl)c(C)c1O.Cc1cc(C)c(OCC2CC2)c(C)c1NC(=O)c1sccc1S(=O)(=O)Nc1onc(C)c1Cl. The Morgan fingerprint density at radius 1 is 0.716 bits per heavy atom. The van der Waals surface area contributed by atoms with E-state index in [2.05, 4.69) is 46.3 Å². The first-order chi connectivity index (χ1) is 31.5. The van der Waals surface area contributed by atoms with Crippen molar-refractivity contribution in [3.8, 4) is 11.5 Å². The van der Waals surface area contributed by atoms with Crippen LogP contribution in [0.25, 0.3) is 0 Å². The number of hydrogen-bond acceptors (Lipinski definition) is 14. The van der Waals surface area contributed by atoms with Crippen LogP contribution in [0.15, 0.2) is 53.9 Å². The molecule has 4 aromatic heterocycles. The number of amides is 2. The smallest absolute Gasteiger partial charge is 0.267 e. The Kier molecular flexibility index (Phi) is 16.5. The van der Waals surface area contributed by atoms with Gasteiger partial charge in [-0.2, -0.15) is 0 Å². The van der Waals surface area contributed by atoms with Gasteiger partial charge in [-0.1, -0.05) is 61.6 Å². The quantitative estimate of drug-likeness (QED) is 0.0641. The number of anilines is 4. The molecule has 0 bridgehead atoms. The van der Waals surface area contributed by atoms with E-state index >= 15 is 0 Å². The van der Waals surface area contributed by atoms with Gasteiger partial charge in [0.15, 0.2) is 0 Å². The summed E-state index contributed by atoms with van der Waals surface area (Å²) in [6.07, 6.45) is 5.28. The molecule has 0 aliphatic heterocycles. The number of alkyl halides is 1. The largest absolute Gasteiger partial charge is 0.507 e. The third kappa shape index (κ3) is 12.3. The fraction of sp³-hybridized carbons (Fsp3) is 0.364. The number of ether oxygens (including phenoxy) is 1. The summed E-state index contributed by atoms with van der Waals surface area (Å²) in [5.74, 6) is 0.890. The number of hydrogen-bond donors (Lipinski definition) is 5. The number of rotatable bonds is 14. The van der Waals surface area contributed by atoms with Crippen LogP contribution in [0.4, 0.5) is 23.1 Å². The van der Waals surface area contributed by atoms with E-state index in [9.17, 15) is 31.5 Å². The Balaban J connectivity index is 0.000000201. The number of aromatic hydroxyl groups is 1. The van der Waals surface area contributed by atoms with Gasteiger partial charge in [0, 0.05) is 16.5 Å². The minimum absolute atomic E-state index is 0.0243. The van der Waals surface area contributed by atoms with E-state index in [1.54, 1.807) is 40.7 Å². The summed E-state index contributed by atoms with van der Waals surface area (Å²) in [6.45, 7) is 14.8. The zero-order valence-corrected chi connectivity index (χ0v) is 44.0. The molecule has 2 aliphatic rings. The Morgan fingerprint density at radius 3 is 1.54 bits per heavy atom. The maximum absolute atomic E-state index is 13.1. The van der Waals surface area contributed by atoms with Crippen LogP contribution in [-0.4, -0.2) is 56.0 Å². The minimum Gasteiger partial charge on any atom is -0.507 e. The van der Waals surface area contributed by atoms with Crippen LogP contribution in [0.5, 0.6) is 11.5 Å². The van der Waals surface area contributed by atoms with Crippen molar-refractivity contribution < 1.29 is 45.3 Å². The molecule has 5 N–H and O–H groups in total. The number of phenolic OH excluding ortho intramolecular Hbond substituents is 1. The van der Waals surface area contributed by atoms with E-state index in [-0.39, 0.29) is 47.1 Å². The van der Waals surface area contributed by atoms with Gasteiger partial charge in [-0.25, -0.2) is 26.3 Å². The Bertz CT molecular complexity index is 3050. The first-order valence-electron chi connectivity index (χ1n) is 20.7. The molecule has 67 heavy (non-hydrogen) atoms. The number of aryl methyl sites for hydroxylation is 6. The molecule has 2 saturated carbocycles. The number of phenols is 1. The molecule has 2 aliphatic carbocycles. The van der Waals surface area contributed by atoms with E-state index in [0.29, 0.717) is 46.4 Å². The highest BCUT2D eigenvalue weighted by atomic mass is 79.9. The topological polar surface area (TPSA) is 232 Å². The third-order valence-corrected chi connectivity index (χ3v) is 17.3. The van der Waals surface area contributed by atoms with Crippen molar-refractivity contribution >= 4 is 117 Å². The zero-order chi connectivity index (χ0) is 49.1. The maximum atomic E-state index is 13.1. The molecular formula is C44H49BrCl2N6O10S4. The monoisotopic (exact) mass is 1100 g/mol. The molecule has 0 spiro atoms. The van der Waals surface area contributed by atoms with Crippen LogP contribution >= 0.6 is 61.8 Å². The van der Waals surface area contributed by atoms with Gasteiger partial charge in [-0.3, -0.25) is 9.59 Å². The van der Waals surface area contributed by atoms with Crippen molar-refractivity contribution in [2.75, 3.05) is 32.0 Å². The fourth-order valence-electron chi connectivity index (χ4n) is 6.60. The molecule has 8 rings (SSSR count). The van der Waals surface area contributed by atoms with Crippen LogP contribution < -0.4 is 24.8 Å². The second-order valence-electron chi connectivity index (χ2n) is 16.2. The van der Waals surface area contributed by atoms with Crippen molar-refractivity contribution in [2.45, 2.75) is 90.9 Å². The summed E-state index contributed by atoms with van der Waals surface area (Å²) >= 11 is 17.4. The van der Waals surface area contributed by atoms with Crippen molar-refractivity contribution in [3.05, 3.63) is 99.6 Å². The molecule has 0 atom stereocenters. The van der Waals surface area contributed by atoms with Crippen LogP contribution in [0.3, 0.4) is 0 Å².